The van der Waals surface area contributed by atoms with Gasteiger partial charge in [-0.1, -0.05) is 18.2 Å². The van der Waals surface area contributed by atoms with Crippen molar-refractivity contribution in [2.24, 2.45) is 0 Å². The second-order valence-electron chi connectivity index (χ2n) is 7.08. The summed E-state index contributed by atoms with van der Waals surface area (Å²) in [5.41, 5.74) is 2.57. The number of rotatable bonds is 8. The zero-order chi connectivity index (χ0) is 18.6. The molecule has 7 nitrogen and oxygen atoms in total. The van der Waals surface area contributed by atoms with E-state index in [0.717, 1.165) is 24.2 Å². The number of methoxy groups -OCH3 is 1. The molecule has 2 N–H and O–H groups in total. The maximum absolute atomic E-state index is 10.5. The molecule has 0 amide bonds. The van der Waals surface area contributed by atoms with Gasteiger partial charge >= 0.3 is 0 Å². The third-order valence-electron chi connectivity index (χ3n) is 4.55. The van der Waals surface area contributed by atoms with Crippen LogP contribution in [0, 0.1) is 0 Å². The Morgan fingerprint density at radius 2 is 2.12 bits per heavy atom. The minimum atomic E-state index is -0.625. The predicted octanol–water partition coefficient (Wildman–Crippen LogP) is 2.17. The lowest BCUT2D eigenvalue weighted by Crippen LogP contribution is -2.42. The average molecular weight is 355 g/mol. The number of fused-ring (bicyclic) bond motifs is 1. The van der Waals surface area contributed by atoms with Gasteiger partial charge in [0, 0.05) is 23.8 Å². The summed E-state index contributed by atoms with van der Waals surface area (Å²) in [5, 5.41) is 25.3. The molecule has 3 rings (SSSR count). The van der Waals surface area contributed by atoms with E-state index in [1.54, 1.807) is 23.9 Å². The lowest BCUT2D eigenvalue weighted by atomic mass is 9.94. The number of nitrogens with zero attached hydrogens (tertiary/aromatic N) is 4. The Hall–Kier alpha value is -2.51. The number of aryl methyl sites for hydroxylation is 1. The molecule has 0 radical (unpaired) electrons. The molecule has 0 saturated heterocycles. The number of pyridine rings is 1. The Bertz CT molecular complexity index is 862. The number of ether oxygens (including phenoxy) is 1. The molecule has 0 bridgehead atoms. The summed E-state index contributed by atoms with van der Waals surface area (Å²) in [6.07, 6.45) is 3.01. The molecule has 0 saturated carbocycles. The van der Waals surface area contributed by atoms with Gasteiger partial charge in [-0.2, -0.15) is 0 Å². The highest BCUT2D eigenvalue weighted by Crippen LogP contribution is 2.19. The fourth-order valence-corrected chi connectivity index (χ4v) is 2.82. The van der Waals surface area contributed by atoms with Crippen LogP contribution in [0.3, 0.4) is 0 Å². The highest BCUT2D eigenvalue weighted by atomic mass is 16.5. The molecule has 2 aromatic heterocycles. The molecule has 1 aromatic carbocycles. The topological polar surface area (TPSA) is 84.6 Å². The normalized spacial score (nSPS) is 13.1. The summed E-state index contributed by atoms with van der Waals surface area (Å²) in [5.74, 6) is 0.877. The summed E-state index contributed by atoms with van der Waals surface area (Å²) in [6, 6.07) is 11.8. The van der Waals surface area contributed by atoms with Gasteiger partial charge in [0.05, 0.1) is 13.2 Å². The van der Waals surface area contributed by atoms with Crippen molar-refractivity contribution >= 4 is 5.65 Å². The quantitative estimate of drug-likeness (QED) is 0.644. The minimum absolute atomic E-state index is 0.108. The van der Waals surface area contributed by atoms with Gasteiger partial charge in [0.2, 0.25) is 0 Å². The highest BCUT2D eigenvalue weighted by Gasteiger charge is 2.19. The van der Waals surface area contributed by atoms with E-state index < -0.39 is 6.10 Å². The lowest BCUT2D eigenvalue weighted by Gasteiger charge is -2.28. The molecule has 2 heterocycles. The van der Waals surface area contributed by atoms with Crippen LogP contribution in [-0.4, -0.2) is 44.3 Å². The first kappa shape index (κ1) is 18.3. The van der Waals surface area contributed by atoms with Crippen LogP contribution < -0.4 is 10.1 Å². The highest BCUT2D eigenvalue weighted by molar-refractivity contribution is 5.36. The van der Waals surface area contributed by atoms with Crippen molar-refractivity contribution in [2.45, 2.75) is 38.3 Å². The third-order valence-corrected chi connectivity index (χ3v) is 4.55. The SMILES string of the molecule is COc1cccc(CCC(C)(C)NCC(O)c2ccc3nnnn3c2)c1. The number of tetrazole rings is 1. The van der Waals surface area contributed by atoms with Crippen LogP contribution in [0.4, 0.5) is 0 Å². The summed E-state index contributed by atoms with van der Waals surface area (Å²) >= 11 is 0. The zero-order valence-corrected chi connectivity index (χ0v) is 15.4. The van der Waals surface area contributed by atoms with Gasteiger partial charge in [0.15, 0.2) is 5.65 Å². The summed E-state index contributed by atoms with van der Waals surface area (Å²) < 4.78 is 6.84. The number of benzene rings is 1. The molecular weight excluding hydrogens is 330 g/mol. The van der Waals surface area contributed by atoms with Crippen LogP contribution in [-0.2, 0) is 6.42 Å². The van der Waals surface area contributed by atoms with Crippen LogP contribution in [0.5, 0.6) is 5.75 Å². The lowest BCUT2D eigenvalue weighted by molar-refractivity contribution is 0.158. The number of hydrogen-bond acceptors (Lipinski definition) is 6. The van der Waals surface area contributed by atoms with Crippen LogP contribution in [0.2, 0.25) is 0 Å². The Kier molecular flexibility index (Phi) is 5.49. The molecule has 1 atom stereocenters. The first-order valence-electron chi connectivity index (χ1n) is 8.70. The molecule has 0 aliphatic rings. The molecule has 7 heteroatoms. The Labute approximate surface area is 153 Å². The van der Waals surface area contributed by atoms with Gasteiger partial charge in [-0.15, -0.1) is 5.10 Å². The van der Waals surface area contributed by atoms with Crippen LogP contribution in [0.25, 0.3) is 5.65 Å². The van der Waals surface area contributed by atoms with Crippen molar-refractivity contribution in [1.29, 1.82) is 0 Å². The van der Waals surface area contributed by atoms with Gasteiger partial charge in [-0.05, 0) is 60.9 Å². The van der Waals surface area contributed by atoms with E-state index in [1.807, 2.05) is 18.2 Å². The number of aliphatic hydroxyl groups excluding tert-OH is 1. The fraction of sp³-hybridized carbons (Fsp3) is 0.421. The molecule has 0 fully saturated rings. The maximum atomic E-state index is 10.5. The van der Waals surface area contributed by atoms with Crippen molar-refractivity contribution in [1.82, 2.24) is 25.4 Å². The molecule has 3 aromatic rings. The van der Waals surface area contributed by atoms with E-state index in [1.165, 1.54) is 5.56 Å². The standard InChI is InChI=1S/C19H25N5O2/c1-19(2,10-9-14-5-4-6-16(11-14)26-3)20-12-17(25)15-7-8-18-21-22-23-24(18)13-15/h4-8,11,13,17,20,25H,9-10,12H2,1-3H3. The average Bonchev–Trinajstić information content (AvgIpc) is 3.12. The Balaban J connectivity index is 1.54. The molecule has 0 spiro atoms. The van der Waals surface area contributed by atoms with Crippen molar-refractivity contribution < 1.29 is 9.84 Å². The molecular formula is C19H25N5O2. The van der Waals surface area contributed by atoms with Gasteiger partial charge in [-0.3, -0.25) is 0 Å². The summed E-state index contributed by atoms with van der Waals surface area (Å²) in [4.78, 5) is 0. The van der Waals surface area contributed by atoms with Gasteiger partial charge < -0.3 is 15.2 Å². The van der Waals surface area contributed by atoms with Crippen molar-refractivity contribution in [3.8, 4) is 5.75 Å². The van der Waals surface area contributed by atoms with Crippen LogP contribution >= 0.6 is 0 Å². The minimum Gasteiger partial charge on any atom is -0.497 e. The monoisotopic (exact) mass is 355 g/mol. The summed E-state index contributed by atoms with van der Waals surface area (Å²) in [7, 11) is 1.68. The fourth-order valence-electron chi connectivity index (χ4n) is 2.82. The van der Waals surface area contributed by atoms with Crippen molar-refractivity contribution in [3.05, 3.63) is 53.7 Å². The van der Waals surface area contributed by atoms with E-state index in [2.05, 4.69) is 46.8 Å². The molecule has 1 unspecified atom stereocenters. The van der Waals surface area contributed by atoms with E-state index in [-0.39, 0.29) is 5.54 Å². The number of nitrogens with one attached hydrogen (secondary N) is 1. The van der Waals surface area contributed by atoms with Crippen molar-refractivity contribution in [3.63, 3.8) is 0 Å². The van der Waals surface area contributed by atoms with Gasteiger partial charge in [0.1, 0.15) is 5.75 Å². The first-order chi connectivity index (χ1) is 12.5. The van der Waals surface area contributed by atoms with Gasteiger partial charge in [0.25, 0.3) is 0 Å². The van der Waals surface area contributed by atoms with Crippen LogP contribution in [0.15, 0.2) is 42.6 Å². The molecule has 26 heavy (non-hydrogen) atoms. The molecule has 0 aliphatic heterocycles. The summed E-state index contributed by atoms with van der Waals surface area (Å²) in [6.45, 7) is 4.74. The number of β-amino-alcohol motifs (C(OH)–C–C–N with tert-alkyl or cyclic N) is 1. The molecule has 0 aliphatic carbocycles. The number of hydrogen-bond donors (Lipinski definition) is 2. The Morgan fingerprint density at radius 1 is 1.27 bits per heavy atom. The van der Waals surface area contributed by atoms with E-state index in [0.29, 0.717) is 12.2 Å². The van der Waals surface area contributed by atoms with E-state index in [4.69, 9.17) is 4.74 Å². The van der Waals surface area contributed by atoms with Crippen LogP contribution in [0.1, 0.15) is 37.5 Å². The third kappa shape index (κ3) is 4.56. The van der Waals surface area contributed by atoms with Crippen molar-refractivity contribution in [2.75, 3.05) is 13.7 Å². The zero-order valence-electron chi connectivity index (χ0n) is 15.4. The smallest absolute Gasteiger partial charge is 0.179 e. The van der Waals surface area contributed by atoms with E-state index >= 15 is 0 Å². The largest absolute Gasteiger partial charge is 0.497 e. The predicted molar refractivity (Wildman–Crippen MR) is 99.1 cm³/mol. The number of aliphatic hydroxyl groups is 1. The number of aromatic nitrogens is 4. The maximum Gasteiger partial charge on any atom is 0.179 e. The van der Waals surface area contributed by atoms with E-state index in [9.17, 15) is 5.11 Å². The Morgan fingerprint density at radius 3 is 2.92 bits per heavy atom. The van der Waals surface area contributed by atoms with Gasteiger partial charge in [-0.25, -0.2) is 4.52 Å². The molecule has 138 valence electrons. The second kappa shape index (κ2) is 7.80. The first-order valence-corrected chi connectivity index (χ1v) is 8.70. The second-order valence-corrected chi connectivity index (χ2v) is 7.08.